The molecule has 0 fully saturated rings. The Kier molecular flexibility index (Phi) is 5.70. The van der Waals surface area contributed by atoms with Crippen molar-refractivity contribution in [3.8, 4) is 5.75 Å². The number of hydrogen-bond acceptors (Lipinski definition) is 5. The van der Waals surface area contributed by atoms with Crippen LogP contribution in [0.3, 0.4) is 0 Å². The maximum Gasteiger partial charge on any atom is 0.341 e. The predicted octanol–water partition coefficient (Wildman–Crippen LogP) is 0.853. The van der Waals surface area contributed by atoms with Crippen molar-refractivity contribution in [3.63, 3.8) is 0 Å². The van der Waals surface area contributed by atoms with E-state index < -0.39 is 28.1 Å². The van der Waals surface area contributed by atoms with E-state index in [4.69, 9.17) is 14.6 Å². The Hall–Kier alpha value is -1.64. The standard InChI is InChI=1S/C13H19NO6S/c1-13(2,9-19-3)14-21(17,18)11-6-4-10(5-7-11)20-8-12(15)16/h4-7,14H,8-9H2,1-3H3,(H,15,16). The van der Waals surface area contributed by atoms with Crippen LogP contribution in [0.4, 0.5) is 0 Å². The molecule has 2 N–H and O–H groups in total. The number of hydrogen-bond donors (Lipinski definition) is 2. The van der Waals surface area contributed by atoms with Crippen molar-refractivity contribution in [1.82, 2.24) is 4.72 Å². The van der Waals surface area contributed by atoms with E-state index in [0.717, 1.165) is 0 Å². The second-order valence-corrected chi connectivity index (χ2v) is 6.76. The SMILES string of the molecule is COCC(C)(C)NS(=O)(=O)c1ccc(OCC(=O)O)cc1. The number of nitrogens with one attached hydrogen (secondary N) is 1. The molecule has 7 nitrogen and oxygen atoms in total. The third-order valence-electron chi connectivity index (χ3n) is 2.41. The van der Waals surface area contributed by atoms with Gasteiger partial charge in [-0.1, -0.05) is 0 Å². The van der Waals surface area contributed by atoms with E-state index in [-0.39, 0.29) is 17.3 Å². The maximum absolute atomic E-state index is 12.2. The highest BCUT2D eigenvalue weighted by Gasteiger charge is 2.26. The van der Waals surface area contributed by atoms with Crippen LogP contribution in [0, 0.1) is 0 Å². The van der Waals surface area contributed by atoms with E-state index in [0.29, 0.717) is 0 Å². The van der Waals surface area contributed by atoms with Gasteiger partial charge < -0.3 is 14.6 Å². The summed E-state index contributed by atoms with van der Waals surface area (Å²) in [5.41, 5.74) is -0.744. The lowest BCUT2D eigenvalue weighted by molar-refractivity contribution is -0.139. The van der Waals surface area contributed by atoms with E-state index in [2.05, 4.69) is 4.72 Å². The first-order valence-corrected chi connectivity index (χ1v) is 7.62. The second-order valence-electron chi connectivity index (χ2n) is 5.08. The summed E-state index contributed by atoms with van der Waals surface area (Å²) in [7, 11) is -2.20. The van der Waals surface area contributed by atoms with Crippen LogP contribution in [0.5, 0.6) is 5.75 Å². The maximum atomic E-state index is 12.2. The molecule has 0 aliphatic carbocycles. The molecule has 0 saturated carbocycles. The molecule has 0 aliphatic heterocycles. The van der Waals surface area contributed by atoms with Gasteiger partial charge in [0, 0.05) is 7.11 Å². The van der Waals surface area contributed by atoms with Crippen molar-refractivity contribution in [1.29, 1.82) is 0 Å². The van der Waals surface area contributed by atoms with Crippen LogP contribution in [-0.2, 0) is 19.6 Å². The van der Waals surface area contributed by atoms with Crippen LogP contribution in [-0.4, -0.2) is 45.4 Å². The zero-order valence-corrected chi connectivity index (χ0v) is 12.9. The first kappa shape index (κ1) is 17.4. The van der Waals surface area contributed by atoms with Gasteiger partial charge in [0.05, 0.1) is 17.0 Å². The summed E-state index contributed by atoms with van der Waals surface area (Å²) in [6.07, 6.45) is 0. The minimum atomic E-state index is -3.69. The summed E-state index contributed by atoms with van der Waals surface area (Å²) in [5.74, 6) is -0.817. The van der Waals surface area contributed by atoms with Gasteiger partial charge in [-0.05, 0) is 38.1 Å². The third kappa shape index (κ3) is 5.70. The summed E-state index contributed by atoms with van der Waals surface area (Å²) >= 11 is 0. The number of benzene rings is 1. The fourth-order valence-corrected chi connectivity index (χ4v) is 3.07. The molecule has 0 radical (unpaired) electrons. The van der Waals surface area contributed by atoms with Gasteiger partial charge in [0.2, 0.25) is 10.0 Å². The molecule has 1 aromatic rings. The molecule has 0 bridgehead atoms. The molecule has 0 spiro atoms. The van der Waals surface area contributed by atoms with Gasteiger partial charge in [-0.3, -0.25) is 0 Å². The number of aliphatic carboxylic acids is 1. The van der Waals surface area contributed by atoms with Crippen LogP contribution >= 0.6 is 0 Å². The summed E-state index contributed by atoms with van der Waals surface area (Å²) in [5, 5.41) is 8.49. The van der Waals surface area contributed by atoms with Gasteiger partial charge in [0.25, 0.3) is 0 Å². The summed E-state index contributed by atoms with van der Waals surface area (Å²) in [6.45, 7) is 3.16. The molecular weight excluding hydrogens is 298 g/mol. The molecule has 21 heavy (non-hydrogen) atoms. The molecule has 0 amide bonds. The average Bonchev–Trinajstić information content (AvgIpc) is 2.35. The molecule has 0 aliphatic rings. The first-order chi connectivity index (χ1) is 9.66. The molecule has 1 rings (SSSR count). The number of carboxylic acid groups (broad SMARTS) is 1. The molecule has 0 atom stereocenters. The lowest BCUT2D eigenvalue weighted by atomic mass is 10.1. The normalized spacial score (nSPS) is 12.1. The van der Waals surface area contributed by atoms with E-state index in [9.17, 15) is 13.2 Å². The Morgan fingerprint density at radius 2 is 1.86 bits per heavy atom. The quantitative estimate of drug-likeness (QED) is 0.737. The van der Waals surface area contributed by atoms with Gasteiger partial charge in [-0.15, -0.1) is 0 Å². The van der Waals surface area contributed by atoms with E-state index >= 15 is 0 Å². The largest absolute Gasteiger partial charge is 0.482 e. The second kappa shape index (κ2) is 6.88. The number of rotatable bonds is 8. The molecular formula is C13H19NO6S. The van der Waals surface area contributed by atoms with Crippen LogP contribution in [0.15, 0.2) is 29.2 Å². The van der Waals surface area contributed by atoms with E-state index in [1.54, 1.807) is 13.8 Å². The molecule has 118 valence electrons. The summed E-state index contributed by atoms with van der Waals surface area (Å²) in [4.78, 5) is 10.4. The van der Waals surface area contributed by atoms with Gasteiger partial charge >= 0.3 is 5.97 Å². The average molecular weight is 317 g/mol. The zero-order valence-electron chi connectivity index (χ0n) is 12.1. The summed E-state index contributed by atoms with van der Waals surface area (Å²) < 4.78 is 36.8. The smallest absolute Gasteiger partial charge is 0.341 e. The Bertz CT molecular complexity index is 579. The monoisotopic (exact) mass is 317 g/mol. The highest BCUT2D eigenvalue weighted by Crippen LogP contribution is 2.18. The molecule has 0 aromatic heterocycles. The minimum Gasteiger partial charge on any atom is -0.482 e. The lowest BCUT2D eigenvalue weighted by Gasteiger charge is -2.24. The lowest BCUT2D eigenvalue weighted by Crippen LogP contribution is -2.46. The fourth-order valence-electron chi connectivity index (χ4n) is 1.67. The van der Waals surface area contributed by atoms with Crippen molar-refractivity contribution >= 4 is 16.0 Å². The first-order valence-electron chi connectivity index (χ1n) is 6.14. The summed E-state index contributed by atoms with van der Waals surface area (Å²) in [6, 6.07) is 5.51. The third-order valence-corrected chi connectivity index (χ3v) is 4.13. The molecule has 0 saturated heterocycles. The van der Waals surface area contributed by atoms with Crippen LogP contribution < -0.4 is 9.46 Å². The molecule has 1 aromatic carbocycles. The molecule has 0 heterocycles. The predicted molar refractivity (Wildman–Crippen MR) is 75.8 cm³/mol. The van der Waals surface area contributed by atoms with Gasteiger partial charge in [-0.2, -0.15) is 0 Å². The number of carbonyl (C=O) groups is 1. The Labute approximate surface area is 123 Å². The van der Waals surface area contributed by atoms with Crippen molar-refractivity contribution < 1.29 is 27.8 Å². The van der Waals surface area contributed by atoms with Crippen molar-refractivity contribution in [2.75, 3.05) is 20.3 Å². The van der Waals surface area contributed by atoms with Crippen LogP contribution in [0.25, 0.3) is 0 Å². The number of ether oxygens (including phenoxy) is 2. The topological polar surface area (TPSA) is 102 Å². The number of methoxy groups -OCH3 is 1. The van der Waals surface area contributed by atoms with Crippen LogP contribution in [0.2, 0.25) is 0 Å². The molecule has 0 unspecified atom stereocenters. The van der Waals surface area contributed by atoms with Gasteiger partial charge in [0.1, 0.15) is 5.75 Å². The zero-order chi connectivity index (χ0) is 16.1. The Balaban J connectivity index is 2.82. The Morgan fingerprint density at radius 1 is 1.29 bits per heavy atom. The van der Waals surface area contributed by atoms with Crippen molar-refractivity contribution in [2.24, 2.45) is 0 Å². The number of carboxylic acids is 1. The Morgan fingerprint density at radius 3 is 2.33 bits per heavy atom. The number of sulfonamides is 1. The highest BCUT2D eigenvalue weighted by molar-refractivity contribution is 7.89. The van der Waals surface area contributed by atoms with Gasteiger partial charge in [-0.25, -0.2) is 17.9 Å². The van der Waals surface area contributed by atoms with Crippen LogP contribution in [0.1, 0.15) is 13.8 Å². The van der Waals surface area contributed by atoms with Crippen molar-refractivity contribution in [2.45, 2.75) is 24.3 Å². The van der Waals surface area contributed by atoms with Crippen molar-refractivity contribution in [3.05, 3.63) is 24.3 Å². The van der Waals surface area contributed by atoms with Gasteiger partial charge in [0.15, 0.2) is 6.61 Å². The minimum absolute atomic E-state index is 0.0642. The highest BCUT2D eigenvalue weighted by atomic mass is 32.2. The van der Waals surface area contributed by atoms with E-state index in [1.165, 1.54) is 31.4 Å². The fraction of sp³-hybridized carbons (Fsp3) is 0.462. The van der Waals surface area contributed by atoms with E-state index in [1.807, 2.05) is 0 Å². The molecule has 8 heteroatoms.